The van der Waals surface area contributed by atoms with E-state index < -0.39 is 0 Å². The lowest BCUT2D eigenvalue weighted by Crippen LogP contribution is -2.15. The molecule has 0 fully saturated rings. The third-order valence-electron chi connectivity index (χ3n) is 3.02. The summed E-state index contributed by atoms with van der Waals surface area (Å²) in [5.41, 5.74) is 2.31. The van der Waals surface area contributed by atoms with Crippen LogP contribution in [-0.4, -0.2) is 22.7 Å². The zero-order chi connectivity index (χ0) is 13.8. The zero-order valence-electron chi connectivity index (χ0n) is 11.3. The highest BCUT2D eigenvalue weighted by molar-refractivity contribution is 6.02. The summed E-state index contributed by atoms with van der Waals surface area (Å²) in [4.78, 5) is 12.0. The number of rotatable bonds is 4. The molecule has 2 rings (SSSR count). The van der Waals surface area contributed by atoms with E-state index in [0.29, 0.717) is 5.69 Å². The lowest BCUT2D eigenvalue weighted by Gasteiger charge is -2.12. The molecule has 0 aliphatic heterocycles. The van der Waals surface area contributed by atoms with Crippen LogP contribution in [0.5, 0.6) is 0 Å². The molecule has 19 heavy (non-hydrogen) atoms. The maximum absolute atomic E-state index is 12.0. The Balaban J connectivity index is 2.13. The molecule has 1 amide bonds. The lowest BCUT2D eigenvalue weighted by molar-refractivity contribution is 0.102. The molecular formula is C14H18N4O. The summed E-state index contributed by atoms with van der Waals surface area (Å²) in [6.45, 7) is 2.07. The monoisotopic (exact) mass is 258 g/mol. The smallest absolute Gasteiger partial charge is 0.276 e. The van der Waals surface area contributed by atoms with Gasteiger partial charge in [-0.05, 0) is 37.7 Å². The molecule has 0 saturated carbocycles. The van der Waals surface area contributed by atoms with Crippen molar-refractivity contribution in [3.8, 4) is 0 Å². The number of anilines is 1. The number of nitrogens with one attached hydrogen (secondary N) is 2. The van der Waals surface area contributed by atoms with Gasteiger partial charge in [0.2, 0.25) is 0 Å². The van der Waals surface area contributed by atoms with Gasteiger partial charge in [-0.2, -0.15) is 5.10 Å². The first-order chi connectivity index (χ1) is 9.10. The summed E-state index contributed by atoms with van der Waals surface area (Å²) < 4.78 is 1.61. The van der Waals surface area contributed by atoms with E-state index in [1.807, 2.05) is 31.3 Å². The molecular weight excluding hydrogens is 240 g/mol. The van der Waals surface area contributed by atoms with E-state index in [1.54, 1.807) is 24.0 Å². The van der Waals surface area contributed by atoms with Crippen LogP contribution in [0.2, 0.25) is 0 Å². The van der Waals surface area contributed by atoms with Crippen LogP contribution in [0.15, 0.2) is 36.5 Å². The molecule has 0 aliphatic carbocycles. The van der Waals surface area contributed by atoms with Crippen LogP contribution in [0.25, 0.3) is 0 Å². The average molecular weight is 258 g/mol. The van der Waals surface area contributed by atoms with Gasteiger partial charge in [0, 0.05) is 25.0 Å². The fourth-order valence-corrected chi connectivity index (χ4v) is 1.78. The van der Waals surface area contributed by atoms with Gasteiger partial charge < -0.3 is 10.6 Å². The highest BCUT2D eigenvalue weighted by Gasteiger charge is 2.10. The maximum atomic E-state index is 12.0. The summed E-state index contributed by atoms with van der Waals surface area (Å²) >= 11 is 0. The third kappa shape index (κ3) is 3.20. The molecule has 0 spiro atoms. The third-order valence-corrected chi connectivity index (χ3v) is 3.02. The quantitative estimate of drug-likeness (QED) is 0.881. The van der Waals surface area contributed by atoms with Crippen molar-refractivity contribution in [3.63, 3.8) is 0 Å². The topological polar surface area (TPSA) is 58.9 Å². The van der Waals surface area contributed by atoms with Crippen LogP contribution in [0.3, 0.4) is 0 Å². The minimum Gasteiger partial charge on any atom is -0.321 e. The van der Waals surface area contributed by atoms with Crippen molar-refractivity contribution in [3.05, 3.63) is 47.8 Å². The molecule has 0 aliphatic rings. The second-order valence-corrected chi connectivity index (χ2v) is 4.46. The maximum Gasteiger partial charge on any atom is 0.276 e. The van der Waals surface area contributed by atoms with Crippen molar-refractivity contribution in [2.45, 2.75) is 13.0 Å². The molecule has 1 aromatic heterocycles. The van der Waals surface area contributed by atoms with Crippen LogP contribution < -0.4 is 10.6 Å². The number of carbonyl (C=O) groups is 1. The average Bonchev–Trinajstić information content (AvgIpc) is 2.85. The lowest BCUT2D eigenvalue weighted by atomic mass is 10.1. The number of hydrogen-bond donors (Lipinski definition) is 2. The Bertz CT molecular complexity index is 576. The van der Waals surface area contributed by atoms with Crippen molar-refractivity contribution < 1.29 is 4.79 Å². The van der Waals surface area contributed by atoms with E-state index in [-0.39, 0.29) is 11.9 Å². The summed E-state index contributed by atoms with van der Waals surface area (Å²) in [5.74, 6) is -0.199. The minimum atomic E-state index is -0.199. The van der Waals surface area contributed by atoms with Gasteiger partial charge in [0.25, 0.3) is 5.91 Å². The molecule has 1 heterocycles. The molecule has 2 aromatic rings. The number of benzene rings is 1. The van der Waals surface area contributed by atoms with E-state index in [9.17, 15) is 4.79 Å². The largest absolute Gasteiger partial charge is 0.321 e. The van der Waals surface area contributed by atoms with E-state index in [4.69, 9.17) is 0 Å². The van der Waals surface area contributed by atoms with Gasteiger partial charge in [0.05, 0.1) is 0 Å². The van der Waals surface area contributed by atoms with Crippen LogP contribution in [0.4, 0.5) is 5.69 Å². The number of aromatic nitrogens is 2. The molecule has 1 unspecified atom stereocenters. The molecule has 5 nitrogen and oxygen atoms in total. The summed E-state index contributed by atoms with van der Waals surface area (Å²) in [6, 6.07) is 9.71. The highest BCUT2D eigenvalue weighted by Crippen LogP contribution is 2.17. The number of amides is 1. The second kappa shape index (κ2) is 5.67. The Morgan fingerprint density at radius 3 is 2.79 bits per heavy atom. The van der Waals surface area contributed by atoms with Crippen molar-refractivity contribution in [2.24, 2.45) is 7.05 Å². The Morgan fingerprint density at radius 2 is 2.16 bits per heavy atom. The Kier molecular flexibility index (Phi) is 3.97. The summed E-state index contributed by atoms with van der Waals surface area (Å²) in [7, 11) is 3.69. The normalized spacial score (nSPS) is 12.2. The molecule has 0 bridgehead atoms. The van der Waals surface area contributed by atoms with E-state index in [2.05, 4.69) is 22.7 Å². The predicted molar refractivity (Wildman–Crippen MR) is 75.1 cm³/mol. The number of nitrogens with zero attached hydrogens (tertiary/aromatic N) is 2. The second-order valence-electron chi connectivity index (χ2n) is 4.46. The van der Waals surface area contributed by atoms with Crippen LogP contribution in [0.1, 0.15) is 29.0 Å². The van der Waals surface area contributed by atoms with E-state index in [0.717, 1.165) is 11.3 Å². The standard InChI is InChI=1S/C14H18N4O/c1-10(15-2)11-5-4-6-12(9-11)16-14(19)13-7-8-18(3)17-13/h4-10,15H,1-3H3,(H,16,19). The van der Waals surface area contributed by atoms with E-state index >= 15 is 0 Å². The molecule has 1 aromatic carbocycles. The van der Waals surface area contributed by atoms with Crippen molar-refractivity contribution >= 4 is 11.6 Å². The predicted octanol–water partition coefficient (Wildman–Crippen LogP) is 1.95. The van der Waals surface area contributed by atoms with Crippen LogP contribution >= 0.6 is 0 Å². The number of hydrogen-bond acceptors (Lipinski definition) is 3. The molecule has 100 valence electrons. The van der Waals surface area contributed by atoms with Crippen molar-refractivity contribution in [1.82, 2.24) is 15.1 Å². The van der Waals surface area contributed by atoms with Crippen molar-refractivity contribution in [2.75, 3.05) is 12.4 Å². The van der Waals surface area contributed by atoms with Gasteiger partial charge in [-0.1, -0.05) is 12.1 Å². The molecule has 2 N–H and O–H groups in total. The van der Waals surface area contributed by atoms with Crippen LogP contribution in [-0.2, 0) is 7.05 Å². The van der Waals surface area contributed by atoms with Crippen molar-refractivity contribution in [1.29, 1.82) is 0 Å². The highest BCUT2D eigenvalue weighted by atomic mass is 16.1. The minimum absolute atomic E-state index is 0.199. The first kappa shape index (κ1) is 13.3. The summed E-state index contributed by atoms with van der Waals surface area (Å²) in [5, 5.41) is 10.1. The van der Waals surface area contributed by atoms with Gasteiger partial charge >= 0.3 is 0 Å². The number of aryl methyl sites for hydroxylation is 1. The van der Waals surface area contributed by atoms with Gasteiger partial charge in [-0.25, -0.2) is 0 Å². The number of carbonyl (C=O) groups excluding carboxylic acids is 1. The van der Waals surface area contributed by atoms with Gasteiger partial charge in [0.15, 0.2) is 5.69 Å². The molecule has 0 saturated heterocycles. The van der Waals surface area contributed by atoms with Gasteiger partial charge in [-0.3, -0.25) is 9.48 Å². The molecule has 1 atom stereocenters. The first-order valence-corrected chi connectivity index (χ1v) is 6.18. The fraction of sp³-hybridized carbons (Fsp3) is 0.286. The first-order valence-electron chi connectivity index (χ1n) is 6.18. The summed E-state index contributed by atoms with van der Waals surface area (Å²) in [6.07, 6.45) is 1.74. The zero-order valence-corrected chi connectivity index (χ0v) is 11.3. The molecule has 0 radical (unpaired) electrons. The fourth-order valence-electron chi connectivity index (χ4n) is 1.78. The van der Waals surface area contributed by atoms with Gasteiger partial charge in [0.1, 0.15) is 0 Å². The van der Waals surface area contributed by atoms with Gasteiger partial charge in [-0.15, -0.1) is 0 Å². The Labute approximate surface area is 112 Å². The SMILES string of the molecule is CNC(C)c1cccc(NC(=O)c2ccn(C)n2)c1. The van der Waals surface area contributed by atoms with Crippen LogP contribution in [0, 0.1) is 0 Å². The van der Waals surface area contributed by atoms with E-state index in [1.165, 1.54) is 0 Å². The molecule has 5 heteroatoms. The Morgan fingerprint density at radius 1 is 1.37 bits per heavy atom. The Hall–Kier alpha value is -2.14.